The lowest BCUT2D eigenvalue weighted by Gasteiger charge is -2.23. The van der Waals surface area contributed by atoms with Gasteiger partial charge in [0.1, 0.15) is 19.0 Å². The van der Waals surface area contributed by atoms with Crippen LogP contribution in [0.1, 0.15) is 30.3 Å². The summed E-state index contributed by atoms with van der Waals surface area (Å²) in [7, 11) is 0. The molecule has 7 nitrogen and oxygen atoms in total. The van der Waals surface area contributed by atoms with Gasteiger partial charge in [0.15, 0.2) is 11.5 Å². The van der Waals surface area contributed by atoms with E-state index >= 15 is 0 Å². The standard InChI is InChI=1S/C22H24N4O3/c27-22(23-10-9-20-24-16-3-1-2-4-17(16)25-20)26-21(14-5-6-14)15-7-8-18-19(13-15)29-12-11-28-18/h1-4,7-8,13-14,21H,5-6,9-12H2,(H,24,25)(H2,23,26,27)/t21-/m0/s1. The van der Waals surface area contributed by atoms with Crippen LogP contribution in [0.25, 0.3) is 11.0 Å². The van der Waals surface area contributed by atoms with Crippen LogP contribution in [0, 0.1) is 5.92 Å². The number of urea groups is 1. The Morgan fingerprint density at radius 2 is 1.97 bits per heavy atom. The van der Waals surface area contributed by atoms with Crippen LogP contribution in [0.5, 0.6) is 11.5 Å². The Hall–Kier alpha value is -3.22. The zero-order chi connectivity index (χ0) is 19.6. The number of nitrogens with zero attached hydrogens (tertiary/aromatic N) is 1. The largest absolute Gasteiger partial charge is 0.486 e. The number of hydrogen-bond acceptors (Lipinski definition) is 4. The second-order valence-electron chi connectivity index (χ2n) is 7.57. The molecule has 7 heteroatoms. The van der Waals surface area contributed by atoms with Crippen molar-refractivity contribution in [2.24, 2.45) is 5.92 Å². The molecule has 5 rings (SSSR count). The van der Waals surface area contributed by atoms with Crippen molar-refractivity contribution in [3.8, 4) is 11.5 Å². The van der Waals surface area contributed by atoms with Crippen LogP contribution in [0.15, 0.2) is 42.5 Å². The number of nitrogens with one attached hydrogen (secondary N) is 3. The van der Waals surface area contributed by atoms with Gasteiger partial charge in [-0.3, -0.25) is 0 Å². The lowest BCUT2D eigenvalue weighted by molar-refractivity contribution is 0.171. The van der Waals surface area contributed by atoms with Crippen molar-refractivity contribution in [3.05, 3.63) is 53.9 Å². The van der Waals surface area contributed by atoms with E-state index in [0.29, 0.717) is 32.1 Å². The molecule has 0 spiro atoms. The molecule has 0 unspecified atom stereocenters. The minimum absolute atomic E-state index is 0.0166. The fraction of sp³-hybridized carbons (Fsp3) is 0.364. The maximum atomic E-state index is 12.5. The molecule has 29 heavy (non-hydrogen) atoms. The number of carbonyl (C=O) groups is 1. The zero-order valence-electron chi connectivity index (χ0n) is 16.1. The van der Waals surface area contributed by atoms with Gasteiger partial charge in [-0.15, -0.1) is 0 Å². The first-order valence-corrected chi connectivity index (χ1v) is 10.1. The highest BCUT2D eigenvalue weighted by molar-refractivity contribution is 5.75. The van der Waals surface area contributed by atoms with Crippen LogP contribution in [0.4, 0.5) is 4.79 Å². The Kier molecular flexibility index (Phi) is 4.71. The predicted molar refractivity (Wildman–Crippen MR) is 109 cm³/mol. The van der Waals surface area contributed by atoms with Crippen molar-refractivity contribution in [2.75, 3.05) is 19.8 Å². The van der Waals surface area contributed by atoms with E-state index in [0.717, 1.165) is 46.8 Å². The number of imidazole rings is 1. The quantitative estimate of drug-likeness (QED) is 0.600. The summed E-state index contributed by atoms with van der Waals surface area (Å²) >= 11 is 0. The normalized spacial score (nSPS) is 16.4. The molecule has 3 aromatic rings. The van der Waals surface area contributed by atoms with Crippen LogP contribution in [-0.2, 0) is 6.42 Å². The molecular weight excluding hydrogens is 368 g/mol. The molecule has 2 heterocycles. The molecule has 1 saturated carbocycles. The molecule has 150 valence electrons. The molecule has 1 fully saturated rings. The summed E-state index contributed by atoms with van der Waals surface area (Å²) in [4.78, 5) is 20.3. The van der Waals surface area contributed by atoms with Crippen LogP contribution >= 0.6 is 0 Å². The van der Waals surface area contributed by atoms with Crippen LogP contribution < -0.4 is 20.1 Å². The van der Waals surface area contributed by atoms with Crippen molar-refractivity contribution in [2.45, 2.75) is 25.3 Å². The number of aromatic amines is 1. The molecule has 1 atom stereocenters. The Labute approximate surface area is 168 Å². The van der Waals surface area contributed by atoms with Crippen molar-refractivity contribution in [1.82, 2.24) is 20.6 Å². The third-order valence-electron chi connectivity index (χ3n) is 5.39. The molecule has 2 aromatic carbocycles. The Morgan fingerprint density at radius 3 is 2.79 bits per heavy atom. The predicted octanol–water partition coefficient (Wildman–Crippen LogP) is 3.33. The first-order valence-electron chi connectivity index (χ1n) is 10.1. The van der Waals surface area contributed by atoms with E-state index in [-0.39, 0.29) is 12.1 Å². The van der Waals surface area contributed by atoms with Gasteiger partial charge in [0.05, 0.1) is 17.1 Å². The average Bonchev–Trinajstić information content (AvgIpc) is 3.50. The molecule has 0 bridgehead atoms. The van der Waals surface area contributed by atoms with Gasteiger partial charge in [0.2, 0.25) is 0 Å². The molecule has 2 aliphatic rings. The minimum Gasteiger partial charge on any atom is -0.486 e. The summed E-state index contributed by atoms with van der Waals surface area (Å²) in [5.74, 6) is 2.87. The van der Waals surface area contributed by atoms with Crippen molar-refractivity contribution < 1.29 is 14.3 Å². The lowest BCUT2D eigenvalue weighted by Crippen LogP contribution is -2.39. The second kappa shape index (κ2) is 7.66. The molecular formula is C22H24N4O3. The topological polar surface area (TPSA) is 88.3 Å². The number of rotatable bonds is 6. The molecule has 2 amide bonds. The Bertz CT molecular complexity index is 995. The summed E-state index contributed by atoms with van der Waals surface area (Å²) in [6.07, 6.45) is 2.90. The summed E-state index contributed by atoms with van der Waals surface area (Å²) in [5.41, 5.74) is 3.02. The van der Waals surface area contributed by atoms with Crippen LogP contribution in [-0.4, -0.2) is 35.8 Å². The SMILES string of the molecule is O=C(NCCc1nc2ccccc2[nH]1)N[C@H](c1ccc2c(c1)OCCO2)C1CC1. The highest BCUT2D eigenvalue weighted by Crippen LogP contribution is 2.43. The van der Waals surface area contributed by atoms with Gasteiger partial charge in [-0.05, 0) is 48.6 Å². The number of H-pyrrole nitrogens is 1. The van der Waals surface area contributed by atoms with Crippen molar-refractivity contribution >= 4 is 17.1 Å². The Balaban J connectivity index is 1.19. The lowest BCUT2D eigenvalue weighted by atomic mass is 10.0. The van der Waals surface area contributed by atoms with E-state index in [1.54, 1.807) is 0 Å². The first kappa shape index (κ1) is 17.8. The fourth-order valence-corrected chi connectivity index (χ4v) is 3.77. The number of aromatic nitrogens is 2. The van der Waals surface area contributed by atoms with E-state index in [2.05, 4.69) is 20.6 Å². The zero-order valence-corrected chi connectivity index (χ0v) is 16.1. The van der Waals surface area contributed by atoms with Crippen molar-refractivity contribution in [1.29, 1.82) is 0 Å². The number of fused-ring (bicyclic) bond motifs is 2. The first-order chi connectivity index (χ1) is 14.3. The molecule has 1 aliphatic carbocycles. The number of ether oxygens (including phenoxy) is 2. The third-order valence-corrected chi connectivity index (χ3v) is 5.39. The van der Waals surface area contributed by atoms with Gasteiger partial charge in [-0.1, -0.05) is 18.2 Å². The third kappa shape index (κ3) is 3.99. The van der Waals surface area contributed by atoms with E-state index in [1.165, 1.54) is 0 Å². The molecule has 0 radical (unpaired) electrons. The van der Waals surface area contributed by atoms with Gasteiger partial charge < -0.3 is 25.1 Å². The fourth-order valence-electron chi connectivity index (χ4n) is 3.77. The number of benzene rings is 2. The van der Waals surface area contributed by atoms with E-state index in [4.69, 9.17) is 9.47 Å². The molecule has 3 N–H and O–H groups in total. The van der Waals surface area contributed by atoms with E-state index in [9.17, 15) is 4.79 Å². The van der Waals surface area contributed by atoms with Gasteiger partial charge >= 0.3 is 6.03 Å². The average molecular weight is 392 g/mol. The van der Waals surface area contributed by atoms with Crippen LogP contribution in [0.2, 0.25) is 0 Å². The number of para-hydroxylation sites is 2. The monoisotopic (exact) mass is 392 g/mol. The number of carbonyl (C=O) groups excluding carboxylic acids is 1. The summed E-state index contributed by atoms with van der Waals surface area (Å²) in [6, 6.07) is 13.7. The molecule has 1 aliphatic heterocycles. The van der Waals surface area contributed by atoms with E-state index < -0.39 is 0 Å². The maximum Gasteiger partial charge on any atom is 0.315 e. The molecule has 1 aromatic heterocycles. The summed E-state index contributed by atoms with van der Waals surface area (Å²) in [5, 5.41) is 6.09. The second-order valence-corrected chi connectivity index (χ2v) is 7.57. The summed E-state index contributed by atoms with van der Waals surface area (Å²) < 4.78 is 11.3. The van der Waals surface area contributed by atoms with Gasteiger partial charge in [0.25, 0.3) is 0 Å². The van der Waals surface area contributed by atoms with Crippen molar-refractivity contribution in [3.63, 3.8) is 0 Å². The van der Waals surface area contributed by atoms with Gasteiger partial charge in [0, 0.05) is 13.0 Å². The highest BCUT2D eigenvalue weighted by Gasteiger charge is 2.34. The minimum atomic E-state index is -0.159. The Morgan fingerprint density at radius 1 is 1.14 bits per heavy atom. The summed E-state index contributed by atoms with van der Waals surface area (Å²) in [6.45, 7) is 1.65. The van der Waals surface area contributed by atoms with Crippen LogP contribution in [0.3, 0.4) is 0 Å². The highest BCUT2D eigenvalue weighted by atomic mass is 16.6. The number of amides is 2. The van der Waals surface area contributed by atoms with E-state index in [1.807, 2.05) is 42.5 Å². The van der Waals surface area contributed by atoms with Gasteiger partial charge in [-0.2, -0.15) is 0 Å². The maximum absolute atomic E-state index is 12.5. The molecule has 0 saturated heterocycles. The van der Waals surface area contributed by atoms with Gasteiger partial charge in [-0.25, -0.2) is 9.78 Å². The smallest absolute Gasteiger partial charge is 0.315 e. The number of hydrogen-bond donors (Lipinski definition) is 3.